The molecule has 2 nitrogen and oxygen atoms in total. The van der Waals surface area contributed by atoms with E-state index in [1.165, 1.54) is 6.07 Å². The van der Waals surface area contributed by atoms with Crippen molar-refractivity contribution in [3.05, 3.63) is 21.9 Å². The Labute approximate surface area is 91.3 Å². The van der Waals surface area contributed by atoms with Crippen molar-refractivity contribution in [2.75, 3.05) is 0 Å². The van der Waals surface area contributed by atoms with E-state index in [1.807, 2.05) is 0 Å². The first-order chi connectivity index (χ1) is 6.59. The third-order valence-electron chi connectivity index (χ3n) is 1.80. The van der Waals surface area contributed by atoms with E-state index in [-0.39, 0.29) is 5.56 Å². The van der Waals surface area contributed by atoms with Gasteiger partial charge in [-0.2, -0.15) is 4.37 Å². The Hall–Kier alpha value is -0.620. The fraction of sp³-hybridized carbons (Fsp3) is 0.250. The van der Waals surface area contributed by atoms with Crippen LogP contribution in [0.5, 0.6) is 0 Å². The number of pyridine rings is 1. The number of rotatable bonds is 1. The Bertz CT molecular complexity index is 483. The third kappa shape index (κ3) is 1.52. The highest BCUT2D eigenvalue weighted by Gasteiger charge is 2.17. The van der Waals surface area contributed by atoms with Crippen molar-refractivity contribution in [1.82, 2.24) is 9.36 Å². The average Bonchev–Trinajstić information content (AvgIpc) is 2.46. The van der Waals surface area contributed by atoms with Crippen molar-refractivity contribution in [3.63, 3.8) is 0 Å². The van der Waals surface area contributed by atoms with E-state index in [1.54, 1.807) is 6.92 Å². The zero-order valence-corrected chi connectivity index (χ0v) is 9.49. The molecule has 14 heavy (non-hydrogen) atoms. The van der Waals surface area contributed by atoms with Gasteiger partial charge >= 0.3 is 0 Å². The molecule has 0 saturated heterocycles. The minimum Gasteiger partial charge on any atom is -0.241 e. The van der Waals surface area contributed by atoms with Crippen LogP contribution in [0.2, 0.25) is 0 Å². The average molecular weight is 279 g/mol. The highest BCUT2D eigenvalue weighted by atomic mass is 79.9. The Morgan fingerprint density at radius 3 is 2.86 bits per heavy atom. The number of hydrogen-bond donors (Lipinski definition) is 0. The molecule has 6 heteroatoms. The summed E-state index contributed by atoms with van der Waals surface area (Å²) in [6.45, 7) is 1.69. The first-order valence-corrected chi connectivity index (χ1v) is 5.37. The molecule has 0 aliphatic rings. The molecule has 0 aliphatic heterocycles. The summed E-state index contributed by atoms with van der Waals surface area (Å²) < 4.78 is 29.7. The number of aryl methyl sites for hydroxylation is 1. The summed E-state index contributed by atoms with van der Waals surface area (Å²) in [6.07, 6.45) is -2.49. The van der Waals surface area contributed by atoms with Crippen molar-refractivity contribution in [2.45, 2.75) is 13.3 Å². The molecule has 0 radical (unpaired) electrons. The summed E-state index contributed by atoms with van der Waals surface area (Å²) >= 11 is 4.25. The summed E-state index contributed by atoms with van der Waals surface area (Å²) in [5.41, 5.74) is 0.581. The predicted molar refractivity (Wildman–Crippen MR) is 54.8 cm³/mol. The molecule has 0 fully saturated rings. The standard InChI is InChI=1S/C8H5BrF2N2S/c1-3-2-4(7(10)11)5-6(9)13-14-8(5)12-3/h2,7H,1H3. The molecular formula is C8H5BrF2N2S. The van der Waals surface area contributed by atoms with Gasteiger partial charge in [0.2, 0.25) is 0 Å². The maximum Gasteiger partial charge on any atom is 0.264 e. The Balaban J connectivity index is 2.83. The fourth-order valence-corrected chi connectivity index (χ4v) is 2.76. The van der Waals surface area contributed by atoms with Crippen LogP contribution in [0.3, 0.4) is 0 Å². The van der Waals surface area contributed by atoms with E-state index in [9.17, 15) is 8.78 Å². The maximum absolute atomic E-state index is 12.7. The highest BCUT2D eigenvalue weighted by Crippen LogP contribution is 2.34. The number of hydrogen-bond acceptors (Lipinski definition) is 3. The van der Waals surface area contributed by atoms with Gasteiger partial charge in [-0.3, -0.25) is 0 Å². The second kappa shape index (κ2) is 3.51. The van der Waals surface area contributed by atoms with Gasteiger partial charge in [0.15, 0.2) is 0 Å². The molecule has 0 bridgehead atoms. The van der Waals surface area contributed by atoms with Crippen molar-refractivity contribution < 1.29 is 8.78 Å². The topological polar surface area (TPSA) is 25.8 Å². The van der Waals surface area contributed by atoms with Crippen LogP contribution in [0.25, 0.3) is 10.2 Å². The normalized spacial score (nSPS) is 11.5. The number of aromatic nitrogens is 2. The molecule has 0 amide bonds. The molecule has 0 aromatic carbocycles. The van der Waals surface area contributed by atoms with E-state index >= 15 is 0 Å². The number of halogens is 3. The lowest BCUT2D eigenvalue weighted by atomic mass is 10.2. The zero-order chi connectivity index (χ0) is 10.3. The summed E-state index contributed by atoms with van der Waals surface area (Å²) in [4.78, 5) is 4.68. The van der Waals surface area contributed by atoms with Crippen molar-refractivity contribution in [1.29, 1.82) is 0 Å². The summed E-state index contributed by atoms with van der Waals surface area (Å²) in [5, 5.41) is 0.426. The Morgan fingerprint density at radius 1 is 1.50 bits per heavy atom. The van der Waals surface area contributed by atoms with Crippen LogP contribution in [0.15, 0.2) is 10.7 Å². The molecule has 2 rings (SSSR count). The van der Waals surface area contributed by atoms with Crippen LogP contribution in [-0.4, -0.2) is 9.36 Å². The number of nitrogens with zero attached hydrogens (tertiary/aromatic N) is 2. The second-order valence-electron chi connectivity index (χ2n) is 2.81. The summed E-state index contributed by atoms with van der Waals surface area (Å²) in [6, 6.07) is 1.40. The molecule has 0 N–H and O–H groups in total. The van der Waals surface area contributed by atoms with Crippen molar-refractivity contribution in [2.24, 2.45) is 0 Å². The fourth-order valence-electron chi connectivity index (χ4n) is 1.24. The van der Waals surface area contributed by atoms with Crippen LogP contribution in [0.1, 0.15) is 17.7 Å². The van der Waals surface area contributed by atoms with Gasteiger partial charge in [0.1, 0.15) is 9.43 Å². The van der Waals surface area contributed by atoms with Crippen LogP contribution in [-0.2, 0) is 0 Å². The predicted octanol–water partition coefficient (Wildman–Crippen LogP) is 3.70. The van der Waals surface area contributed by atoms with E-state index < -0.39 is 6.43 Å². The van der Waals surface area contributed by atoms with E-state index in [0.29, 0.717) is 20.5 Å². The molecular weight excluding hydrogens is 274 g/mol. The first kappa shape index (κ1) is 9.92. The highest BCUT2D eigenvalue weighted by molar-refractivity contribution is 9.10. The monoisotopic (exact) mass is 278 g/mol. The molecule has 0 saturated carbocycles. The van der Waals surface area contributed by atoms with E-state index in [4.69, 9.17) is 0 Å². The van der Waals surface area contributed by atoms with Crippen molar-refractivity contribution in [3.8, 4) is 0 Å². The van der Waals surface area contributed by atoms with Gasteiger partial charge in [0, 0.05) is 11.3 Å². The van der Waals surface area contributed by atoms with Gasteiger partial charge in [0.25, 0.3) is 6.43 Å². The van der Waals surface area contributed by atoms with Crippen LogP contribution in [0.4, 0.5) is 8.78 Å². The lowest BCUT2D eigenvalue weighted by Crippen LogP contribution is -1.90. The van der Waals surface area contributed by atoms with E-state index in [2.05, 4.69) is 25.3 Å². The Kier molecular flexibility index (Phi) is 2.48. The molecule has 2 aromatic rings. The van der Waals surface area contributed by atoms with Gasteiger partial charge in [-0.1, -0.05) is 0 Å². The summed E-state index contributed by atoms with van der Waals surface area (Å²) in [7, 11) is 0. The SMILES string of the molecule is Cc1cc(C(F)F)c2c(Br)nsc2n1. The van der Waals surface area contributed by atoms with Gasteiger partial charge in [-0.05, 0) is 40.5 Å². The molecule has 0 spiro atoms. The largest absolute Gasteiger partial charge is 0.264 e. The molecule has 74 valence electrons. The minimum absolute atomic E-state index is 0.00637. The van der Waals surface area contributed by atoms with Crippen LogP contribution < -0.4 is 0 Å². The van der Waals surface area contributed by atoms with Gasteiger partial charge in [-0.25, -0.2) is 13.8 Å². The van der Waals surface area contributed by atoms with Gasteiger partial charge < -0.3 is 0 Å². The quantitative estimate of drug-likeness (QED) is 0.795. The lowest BCUT2D eigenvalue weighted by Gasteiger charge is -2.02. The molecule has 0 aliphatic carbocycles. The maximum atomic E-state index is 12.7. The number of fused-ring (bicyclic) bond motifs is 1. The van der Waals surface area contributed by atoms with E-state index in [0.717, 1.165) is 11.5 Å². The first-order valence-electron chi connectivity index (χ1n) is 3.80. The van der Waals surface area contributed by atoms with Crippen LogP contribution in [0, 0.1) is 6.92 Å². The molecule has 2 heterocycles. The Morgan fingerprint density at radius 2 is 2.21 bits per heavy atom. The van der Waals surface area contributed by atoms with Crippen molar-refractivity contribution >= 4 is 37.7 Å². The zero-order valence-electron chi connectivity index (χ0n) is 7.09. The smallest absolute Gasteiger partial charge is 0.241 e. The molecule has 0 atom stereocenters. The lowest BCUT2D eigenvalue weighted by molar-refractivity contribution is 0.153. The van der Waals surface area contributed by atoms with Gasteiger partial charge in [0.05, 0.1) is 5.39 Å². The molecule has 2 aromatic heterocycles. The van der Waals surface area contributed by atoms with Crippen LogP contribution >= 0.6 is 27.5 Å². The molecule has 0 unspecified atom stereocenters. The third-order valence-corrected chi connectivity index (χ3v) is 3.35. The number of alkyl halides is 2. The summed E-state index contributed by atoms with van der Waals surface area (Å²) in [5.74, 6) is 0. The second-order valence-corrected chi connectivity index (χ2v) is 4.31. The minimum atomic E-state index is -2.49. The van der Waals surface area contributed by atoms with Gasteiger partial charge in [-0.15, -0.1) is 0 Å².